The normalized spacial score (nSPS) is 26.9. The van der Waals surface area contributed by atoms with Gasteiger partial charge in [-0.15, -0.1) is 0 Å². The first kappa shape index (κ1) is 17.4. The van der Waals surface area contributed by atoms with Gasteiger partial charge in [-0.1, -0.05) is 72.8 Å². The Kier molecular flexibility index (Phi) is 3.43. The average molecular weight is 387 g/mol. The van der Waals surface area contributed by atoms with E-state index >= 15 is 0 Å². The molecule has 3 aromatic rings. The first-order chi connectivity index (χ1) is 14.7. The zero-order valence-electron chi connectivity index (χ0n) is 17.7. The van der Waals surface area contributed by atoms with Crippen LogP contribution in [0.3, 0.4) is 0 Å². The highest BCUT2D eigenvalue weighted by Crippen LogP contribution is 2.45. The fraction of sp³-hybridized carbons (Fsp3) is 0.250. The van der Waals surface area contributed by atoms with Crippen LogP contribution in [0, 0.1) is 0 Å². The van der Waals surface area contributed by atoms with E-state index in [1.807, 2.05) is 0 Å². The highest BCUT2D eigenvalue weighted by Gasteiger charge is 2.65. The van der Waals surface area contributed by atoms with Crippen molar-refractivity contribution in [2.75, 3.05) is 0 Å². The Morgan fingerprint density at radius 2 is 0.733 bits per heavy atom. The number of hydrogen-bond donors (Lipinski definition) is 0. The molecule has 144 valence electrons. The minimum absolute atomic E-state index is 0.309. The Labute approximate surface area is 180 Å². The Hall–Kier alpha value is -2.27. The molecule has 0 bridgehead atoms. The standard InChI is InChI=1S/C24H24B3N3/c1-16-19-10-4-7-13-22(19)25-28(16)26-23-14-8-5-11-20(23)17(2)30(26)27-24-15-9-6-12-21(24)18(3)29(25)27/h4-18H,1-3H3/t16-,17-,18-/m1/s1. The van der Waals surface area contributed by atoms with Gasteiger partial charge in [-0.05, 0) is 53.8 Å². The van der Waals surface area contributed by atoms with Crippen molar-refractivity contribution in [1.29, 1.82) is 0 Å². The van der Waals surface area contributed by atoms with Gasteiger partial charge in [-0.2, -0.15) is 0 Å². The van der Waals surface area contributed by atoms with Crippen molar-refractivity contribution in [2.45, 2.75) is 38.9 Å². The molecule has 0 aliphatic carbocycles. The van der Waals surface area contributed by atoms with Crippen molar-refractivity contribution in [2.24, 2.45) is 0 Å². The van der Waals surface area contributed by atoms with Gasteiger partial charge in [0, 0.05) is 18.1 Å². The van der Waals surface area contributed by atoms with Crippen molar-refractivity contribution in [3.05, 3.63) is 89.5 Å². The Morgan fingerprint density at radius 3 is 1.03 bits per heavy atom. The smallest absolute Gasteiger partial charge is 0.327 e. The summed E-state index contributed by atoms with van der Waals surface area (Å²) in [6.07, 6.45) is 0. The summed E-state index contributed by atoms with van der Waals surface area (Å²) in [6, 6.07) is 28.6. The Bertz CT molecular complexity index is 1030. The van der Waals surface area contributed by atoms with E-state index in [-0.39, 0.29) is 0 Å². The van der Waals surface area contributed by atoms with Crippen LogP contribution in [0.4, 0.5) is 0 Å². The van der Waals surface area contributed by atoms with Gasteiger partial charge in [0.1, 0.15) is 0 Å². The minimum atomic E-state index is 0.309. The third kappa shape index (κ3) is 1.91. The lowest BCUT2D eigenvalue weighted by atomic mass is 9.41. The van der Waals surface area contributed by atoms with Crippen LogP contribution < -0.4 is 16.4 Å². The molecule has 4 aliphatic rings. The molecule has 4 heterocycles. The van der Waals surface area contributed by atoms with Gasteiger partial charge in [-0.3, -0.25) is 0 Å². The van der Waals surface area contributed by atoms with E-state index < -0.39 is 0 Å². The number of hydrogen-bond acceptors (Lipinski definition) is 3. The molecule has 0 aromatic heterocycles. The van der Waals surface area contributed by atoms with Gasteiger partial charge in [-0.25, -0.2) is 0 Å². The molecule has 3 atom stereocenters. The predicted molar refractivity (Wildman–Crippen MR) is 126 cm³/mol. The lowest BCUT2D eigenvalue weighted by Gasteiger charge is -2.51. The second-order valence-electron chi connectivity index (χ2n) is 9.38. The summed E-state index contributed by atoms with van der Waals surface area (Å²) in [5.41, 5.74) is 8.94. The van der Waals surface area contributed by atoms with E-state index in [1.54, 1.807) is 0 Å². The second-order valence-corrected chi connectivity index (χ2v) is 9.38. The fourth-order valence-corrected chi connectivity index (χ4v) is 6.96. The fourth-order valence-electron chi connectivity index (χ4n) is 6.96. The largest absolute Gasteiger partial charge is 0.343 e. The summed E-state index contributed by atoms with van der Waals surface area (Å²) < 4.78 is 8.35. The third-order valence-electron chi connectivity index (χ3n) is 8.21. The van der Waals surface area contributed by atoms with Crippen LogP contribution in [0.5, 0.6) is 0 Å². The van der Waals surface area contributed by atoms with Gasteiger partial charge in [0.2, 0.25) is 0 Å². The molecule has 0 N–H and O–H groups in total. The maximum absolute atomic E-state index is 2.78. The summed E-state index contributed by atoms with van der Waals surface area (Å²) >= 11 is 0. The van der Waals surface area contributed by atoms with Crippen molar-refractivity contribution >= 4 is 37.3 Å². The number of benzene rings is 3. The maximum atomic E-state index is 2.78. The quantitative estimate of drug-likeness (QED) is 0.549. The molecule has 0 unspecified atom stereocenters. The molecule has 3 aromatic carbocycles. The van der Waals surface area contributed by atoms with Crippen LogP contribution in [0.25, 0.3) is 0 Å². The van der Waals surface area contributed by atoms with E-state index in [2.05, 4.69) is 108 Å². The summed E-state index contributed by atoms with van der Waals surface area (Å²) in [4.78, 5) is 0. The van der Waals surface area contributed by atoms with Gasteiger partial charge in [0.05, 0.1) is 0 Å². The molecule has 30 heavy (non-hydrogen) atoms. The molecular formula is C24H24B3N3. The molecule has 1 saturated heterocycles. The zero-order valence-corrected chi connectivity index (χ0v) is 17.7. The Morgan fingerprint density at radius 1 is 0.467 bits per heavy atom. The molecule has 3 nitrogen and oxygen atoms in total. The predicted octanol–water partition coefficient (Wildman–Crippen LogP) is 2.32. The molecular weight excluding hydrogens is 363 g/mol. The van der Waals surface area contributed by atoms with Crippen molar-refractivity contribution in [3.8, 4) is 0 Å². The topological polar surface area (TPSA) is 9.72 Å². The van der Waals surface area contributed by atoms with Gasteiger partial charge >= 0.3 is 20.9 Å². The summed E-state index contributed by atoms with van der Waals surface area (Å²) in [5.74, 6) is 0. The molecule has 4 aliphatic heterocycles. The van der Waals surface area contributed by atoms with E-state index in [4.69, 9.17) is 0 Å². The van der Waals surface area contributed by atoms with Crippen LogP contribution in [-0.4, -0.2) is 35.1 Å². The lowest BCUT2D eigenvalue weighted by Crippen LogP contribution is -2.79. The number of rotatable bonds is 0. The third-order valence-corrected chi connectivity index (χ3v) is 8.21. The Balaban J connectivity index is 1.52. The monoisotopic (exact) mass is 387 g/mol. The van der Waals surface area contributed by atoms with Gasteiger partial charge in [0.15, 0.2) is 0 Å². The maximum Gasteiger partial charge on any atom is 0.327 e. The van der Waals surface area contributed by atoms with Crippen LogP contribution in [0.15, 0.2) is 72.8 Å². The van der Waals surface area contributed by atoms with Crippen LogP contribution in [0.1, 0.15) is 55.6 Å². The zero-order chi connectivity index (χ0) is 20.1. The van der Waals surface area contributed by atoms with E-state index in [1.165, 1.54) is 33.1 Å². The van der Waals surface area contributed by atoms with Crippen LogP contribution >= 0.6 is 0 Å². The molecule has 0 amide bonds. The first-order valence-electron chi connectivity index (χ1n) is 11.3. The first-order valence-corrected chi connectivity index (χ1v) is 11.3. The van der Waals surface area contributed by atoms with E-state index in [0.29, 0.717) is 39.1 Å². The minimum Gasteiger partial charge on any atom is -0.343 e. The molecule has 0 spiro atoms. The SMILES string of the molecule is C[C@@H]1c2ccccc2B2N1B1c3ccccc3[C@@H](C)N1B1c3ccccc3[C@@H](C)N21. The summed E-state index contributed by atoms with van der Waals surface area (Å²) in [6.45, 7) is 8.12. The molecule has 0 radical (unpaired) electrons. The van der Waals surface area contributed by atoms with Crippen LogP contribution in [0.2, 0.25) is 0 Å². The molecule has 7 rings (SSSR count). The highest BCUT2D eigenvalue weighted by molar-refractivity contribution is 7.00. The van der Waals surface area contributed by atoms with Crippen LogP contribution in [-0.2, 0) is 0 Å². The lowest BCUT2D eigenvalue weighted by molar-refractivity contribution is 0.372. The number of fused-ring (bicyclic) bond motifs is 12. The summed E-state index contributed by atoms with van der Waals surface area (Å²) in [5, 5.41) is 0. The molecule has 1 fully saturated rings. The van der Waals surface area contributed by atoms with Crippen molar-refractivity contribution in [1.82, 2.24) is 14.2 Å². The van der Waals surface area contributed by atoms with Crippen molar-refractivity contribution in [3.63, 3.8) is 0 Å². The molecule has 0 saturated carbocycles. The van der Waals surface area contributed by atoms with Crippen molar-refractivity contribution < 1.29 is 0 Å². The van der Waals surface area contributed by atoms with E-state index in [9.17, 15) is 0 Å². The molecule has 6 heteroatoms. The number of nitrogens with zero attached hydrogens (tertiary/aromatic N) is 3. The second kappa shape index (κ2) is 5.91. The highest BCUT2D eigenvalue weighted by atomic mass is 15.4. The van der Waals surface area contributed by atoms with Gasteiger partial charge < -0.3 is 14.2 Å². The summed E-state index contributed by atoms with van der Waals surface area (Å²) in [7, 11) is 0. The average Bonchev–Trinajstić information content (AvgIpc) is 3.36. The van der Waals surface area contributed by atoms with Gasteiger partial charge in [0.25, 0.3) is 0 Å². The van der Waals surface area contributed by atoms with E-state index in [0.717, 1.165) is 0 Å².